The van der Waals surface area contributed by atoms with E-state index >= 15 is 0 Å². The molecule has 2 rings (SSSR count). The van der Waals surface area contributed by atoms with Gasteiger partial charge < -0.3 is 5.32 Å². The van der Waals surface area contributed by atoms with Gasteiger partial charge >= 0.3 is 0 Å². The van der Waals surface area contributed by atoms with Crippen molar-refractivity contribution >= 4 is 33.2 Å². The minimum Gasteiger partial charge on any atom is -0.348 e. The zero-order chi connectivity index (χ0) is 19.5. The lowest BCUT2D eigenvalue weighted by molar-refractivity contribution is -0.120. The van der Waals surface area contributed by atoms with Gasteiger partial charge in [0.05, 0.1) is 18.0 Å². The third-order valence-corrected chi connectivity index (χ3v) is 5.46. The number of aryl methyl sites for hydroxylation is 2. The van der Waals surface area contributed by atoms with Gasteiger partial charge in [0.25, 0.3) is 0 Å². The number of hydrogen-bond acceptors (Lipinski definition) is 3. The molecule has 0 unspecified atom stereocenters. The molecule has 5 nitrogen and oxygen atoms in total. The van der Waals surface area contributed by atoms with Crippen LogP contribution in [-0.2, 0) is 14.8 Å². The average Bonchev–Trinajstić information content (AvgIpc) is 2.52. The second-order valence-corrected chi connectivity index (χ2v) is 8.74. The first kappa shape index (κ1) is 20.3. The fourth-order valence-electron chi connectivity index (χ4n) is 2.81. The number of rotatable bonds is 6. The molecule has 2 aromatic carbocycles. The van der Waals surface area contributed by atoms with Crippen molar-refractivity contribution in [1.29, 1.82) is 0 Å². The quantitative estimate of drug-likeness (QED) is 0.813. The van der Waals surface area contributed by atoms with Crippen molar-refractivity contribution in [3.63, 3.8) is 0 Å². The topological polar surface area (TPSA) is 66.5 Å². The zero-order valence-corrected chi connectivity index (χ0v) is 16.9. The van der Waals surface area contributed by atoms with E-state index in [2.05, 4.69) is 11.4 Å². The van der Waals surface area contributed by atoms with E-state index in [0.717, 1.165) is 27.3 Å². The Hall–Kier alpha value is -2.05. The van der Waals surface area contributed by atoms with Gasteiger partial charge in [0.1, 0.15) is 6.54 Å². The Labute approximate surface area is 160 Å². The summed E-state index contributed by atoms with van der Waals surface area (Å²) in [6.45, 7) is 5.58. The van der Waals surface area contributed by atoms with E-state index in [1.807, 2.05) is 32.9 Å². The first-order valence-electron chi connectivity index (χ1n) is 8.17. The van der Waals surface area contributed by atoms with Gasteiger partial charge in [0, 0.05) is 5.02 Å². The molecule has 0 saturated carbocycles. The lowest BCUT2D eigenvalue weighted by atomic mass is 10.0. The number of halogens is 1. The van der Waals surface area contributed by atoms with Crippen LogP contribution in [0.25, 0.3) is 0 Å². The second-order valence-electron chi connectivity index (χ2n) is 6.40. The Bertz CT molecular complexity index is 896. The summed E-state index contributed by atoms with van der Waals surface area (Å²) in [5, 5.41) is 3.36. The molecule has 0 heterocycles. The highest BCUT2D eigenvalue weighted by Crippen LogP contribution is 2.21. The first-order valence-corrected chi connectivity index (χ1v) is 10.4. The summed E-state index contributed by atoms with van der Waals surface area (Å²) in [5.41, 5.74) is 3.62. The maximum Gasteiger partial charge on any atom is 0.241 e. The van der Waals surface area contributed by atoms with Crippen LogP contribution in [0, 0.1) is 13.8 Å². The number of anilines is 1. The van der Waals surface area contributed by atoms with Crippen molar-refractivity contribution in [3.8, 4) is 0 Å². The van der Waals surface area contributed by atoms with Crippen LogP contribution in [0.2, 0.25) is 5.02 Å². The maximum absolute atomic E-state index is 12.5. The first-order chi connectivity index (χ1) is 12.1. The number of nitrogens with zero attached hydrogens (tertiary/aromatic N) is 1. The number of amides is 1. The van der Waals surface area contributed by atoms with Crippen molar-refractivity contribution in [2.75, 3.05) is 17.1 Å². The van der Waals surface area contributed by atoms with E-state index in [1.54, 1.807) is 24.3 Å². The number of sulfonamides is 1. The molecule has 0 aliphatic carbocycles. The van der Waals surface area contributed by atoms with Crippen LogP contribution >= 0.6 is 11.6 Å². The molecule has 2 aromatic rings. The third-order valence-electron chi connectivity index (χ3n) is 4.07. The van der Waals surface area contributed by atoms with Gasteiger partial charge in [-0.15, -0.1) is 0 Å². The van der Waals surface area contributed by atoms with Crippen molar-refractivity contribution in [1.82, 2.24) is 5.32 Å². The van der Waals surface area contributed by atoms with Crippen molar-refractivity contribution in [2.24, 2.45) is 0 Å². The standard InChI is InChI=1S/C19H23ClN2O3S/c1-13-5-10-18(14(2)11-13)15(3)21-19(23)12-22(26(4,24)25)17-8-6-16(20)7-9-17/h5-11,15H,12H2,1-4H3,(H,21,23)/t15-/m1/s1. The molecule has 0 aliphatic rings. The summed E-state index contributed by atoms with van der Waals surface area (Å²) < 4.78 is 25.3. The van der Waals surface area contributed by atoms with Crippen LogP contribution in [0.1, 0.15) is 29.7 Å². The summed E-state index contributed by atoms with van der Waals surface area (Å²) in [4.78, 5) is 12.5. The molecule has 0 radical (unpaired) electrons. The molecule has 1 amide bonds. The minimum atomic E-state index is -3.61. The summed E-state index contributed by atoms with van der Waals surface area (Å²) in [7, 11) is -3.61. The molecular formula is C19H23ClN2O3S. The number of carbonyl (C=O) groups is 1. The molecule has 7 heteroatoms. The second kappa shape index (κ2) is 8.10. The Morgan fingerprint density at radius 2 is 1.77 bits per heavy atom. The largest absolute Gasteiger partial charge is 0.348 e. The molecule has 0 aromatic heterocycles. The fraction of sp³-hybridized carbons (Fsp3) is 0.316. The Kier molecular flexibility index (Phi) is 6.31. The zero-order valence-electron chi connectivity index (χ0n) is 15.3. The lowest BCUT2D eigenvalue weighted by Crippen LogP contribution is -2.41. The Morgan fingerprint density at radius 1 is 1.15 bits per heavy atom. The van der Waals surface area contributed by atoms with Crippen LogP contribution in [-0.4, -0.2) is 27.1 Å². The monoisotopic (exact) mass is 394 g/mol. The fourth-order valence-corrected chi connectivity index (χ4v) is 3.80. The van der Waals surface area contributed by atoms with E-state index in [1.165, 1.54) is 0 Å². The molecule has 140 valence electrons. The van der Waals surface area contributed by atoms with Gasteiger partial charge in [-0.3, -0.25) is 9.10 Å². The molecule has 1 atom stereocenters. The van der Waals surface area contributed by atoms with Gasteiger partial charge in [-0.25, -0.2) is 8.42 Å². The molecular weight excluding hydrogens is 372 g/mol. The minimum absolute atomic E-state index is 0.227. The summed E-state index contributed by atoms with van der Waals surface area (Å²) in [5.74, 6) is -0.377. The Balaban J connectivity index is 2.15. The average molecular weight is 395 g/mol. The van der Waals surface area contributed by atoms with Crippen molar-refractivity contribution in [2.45, 2.75) is 26.8 Å². The molecule has 26 heavy (non-hydrogen) atoms. The van der Waals surface area contributed by atoms with Gasteiger partial charge in [-0.1, -0.05) is 35.4 Å². The third kappa shape index (κ3) is 5.22. The predicted molar refractivity (Wildman–Crippen MR) is 106 cm³/mol. The van der Waals surface area contributed by atoms with Crippen LogP contribution in [0.4, 0.5) is 5.69 Å². The van der Waals surface area contributed by atoms with Crippen molar-refractivity contribution < 1.29 is 13.2 Å². The van der Waals surface area contributed by atoms with Gasteiger partial charge in [0.15, 0.2) is 0 Å². The van der Waals surface area contributed by atoms with E-state index < -0.39 is 10.0 Å². The van der Waals surface area contributed by atoms with Crippen LogP contribution < -0.4 is 9.62 Å². The summed E-state index contributed by atoms with van der Waals surface area (Å²) in [6.07, 6.45) is 1.07. The molecule has 0 saturated heterocycles. The maximum atomic E-state index is 12.5. The van der Waals surface area contributed by atoms with E-state index in [0.29, 0.717) is 10.7 Å². The van der Waals surface area contributed by atoms with Gasteiger partial charge in [-0.05, 0) is 56.2 Å². The lowest BCUT2D eigenvalue weighted by Gasteiger charge is -2.24. The van der Waals surface area contributed by atoms with Crippen LogP contribution in [0.5, 0.6) is 0 Å². The summed E-state index contributed by atoms with van der Waals surface area (Å²) >= 11 is 5.85. The van der Waals surface area contributed by atoms with Crippen molar-refractivity contribution in [3.05, 3.63) is 64.2 Å². The predicted octanol–water partition coefficient (Wildman–Crippen LogP) is 3.60. The van der Waals surface area contributed by atoms with E-state index in [9.17, 15) is 13.2 Å². The van der Waals surface area contributed by atoms with Gasteiger partial charge in [-0.2, -0.15) is 0 Å². The molecule has 0 fully saturated rings. The Morgan fingerprint density at radius 3 is 2.31 bits per heavy atom. The van der Waals surface area contributed by atoms with E-state index in [4.69, 9.17) is 11.6 Å². The smallest absolute Gasteiger partial charge is 0.241 e. The highest BCUT2D eigenvalue weighted by atomic mass is 35.5. The number of benzene rings is 2. The molecule has 0 bridgehead atoms. The summed E-state index contributed by atoms with van der Waals surface area (Å²) in [6, 6.07) is 12.1. The highest BCUT2D eigenvalue weighted by Gasteiger charge is 2.22. The van der Waals surface area contributed by atoms with E-state index in [-0.39, 0.29) is 18.5 Å². The molecule has 0 spiro atoms. The number of carbonyl (C=O) groups excluding carboxylic acids is 1. The number of nitrogens with one attached hydrogen (secondary N) is 1. The van der Waals surface area contributed by atoms with Gasteiger partial charge in [0.2, 0.25) is 15.9 Å². The van der Waals surface area contributed by atoms with Crippen LogP contribution in [0.3, 0.4) is 0 Å². The molecule has 1 N–H and O–H groups in total. The normalized spacial score (nSPS) is 12.5. The molecule has 0 aliphatic heterocycles. The SMILES string of the molecule is Cc1ccc([C@@H](C)NC(=O)CN(c2ccc(Cl)cc2)S(C)(=O)=O)c(C)c1. The highest BCUT2D eigenvalue weighted by molar-refractivity contribution is 7.92. The number of hydrogen-bond donors (Lipinski definition) is 1. The van der Waals surface area contributed by atoms with Crippen LogP contribution in [0.15, 0.2) is 42.5 Å².